The molecule has 0 radical (unpaired) electrons. The van der Waals surface area contributed by atoms with Crippen molar-refractivity contribution in [3.8, 4) is 5.75 Å². The van der Waals surface area contributed by atoms with Crippen LogP contribution < -0.4 is 5.32 Å². The van der Waals surface area contributed by atoms with Gasteiger partial charge in [-0.3, -0.25) is 0 Å². The van der Waals surface area contributed by atoms with E-state index in [-0.39, 0.29) is 22.8 Å². The molecule has 100 valence electrons. The van der Waals surface area contributed by atoms with E-state index in [2.05, 4.69) is 5.32 Å². The van der Waals surface area contributed by atoms with Gasteiger partial charge < -0.3 is 10.4 Å². The van der Waals surface area contributed by atoms with Gasteiger partial charge >= 0.3 is 0 Å². The monoisotopic (exact) mass is 269 g/mol. The summed E-state index contributed by atoms with van der Waals surface area (Å²) in [7, 11) is -2.90. The van der Waals surface area contributed by atoms with Gasteiger partial charge in [0.1, 0.15) is 5.75 Å². The van der Waals surface area contributed by atoms with Crippen LogP contribution in [0.25, 0.3) is 0 Å². The molecule has 1 unspecified atom stereocenters. The lowest BCUT2D eigenvalue weighted by Gasteiger charge is -2.24. The van der Waals surface area contributed by atoms with E-state index in [1.54, 1.807) is 6.07 Å². The van der Waals surface area contributed by atoms with E-state index in [0.29, 0.717) is 13.0 Å². The molecule has 1 fully saturated rings. The van der Waals surface area contributed by atoms with Gasteiger partial charge in [-0.15, -0.1) is 0 Å². The normalized spacial score (nSPS) is 26.3. The van der Waals surface area contributed by atoms with E-state index in [1.807, 2.05) is 26.0 Å². The highest BCUT2D eigenvalue weighted by atomic mass is 32.2. The smallest absolute Gasteiger partial charge is 0.152 e. The Bertz CT molecular complexity index is 553. The van der Waals surface area contributed by atoms with Crippen LogP contribution >= 0.6 is 0 Å². The van der Waals surface area contributed by atoms with Crippen LogP contribution in [0.1, 0.15) is 24.5 Å². The summed E-state index contributed by atoms with van der Waals surface area (Å²) in [5.41, 5.74) is 1.50. The summed E-state index contributed by atoms with van der Waals surface area (Å²) in [4.78, 5) is 0. The molecule has 1 aliphatic heterocycles. The number of aromatic hydroxyl groups is 1. The van der Waals surface area contributed by atoms with Gasteiger partial charge in [0.2, 0.25) is 0 Å². The molecule has 1 atom stereocenters. The summed E-state index contributed by atoms with van der Waals surface area (Å²) in [6.07, 6.45) is 0.627. The second-order valence-corrected chi connectivity index (χ2v) is 7.57. The van der Waals surface area contributed by atoms with E-state index in [1.165, 1.54) is 0 Å². The van der Waals surface area contributed by atoms with Crippen molar-refractivity contribution < 1.29 is 13.5 Å². The van der Waals surface area contributed by atoms with E-state index in [0.717, 1.165) is 11.1 Å². The van der Waals surface area contributed by atoms with Gasteiger partial charge in [0.05, 0.1) is 11.5 Å². The van der Waals surface area contributed by atoms with Crippen LogP contribution in [0.5, 0.6) is 5.75 Å². The lowest BCUT2D eigenvalue weighted by Crippen LogP contribution is -2.42. The molecule has 0 bridgehead atoms. The maximum atomic E-state index is 11.5. The highest BCUT2D eigenvalue weighted by molar-refractivity contribution is 7.91. The summed E-state index contributed by atoms with van der Waals surface area (Å²) in [5, 5.41) is 13.0. The summed E-state index contributed by atoms with van der Waals surface area (Å²) in [6.45, 7) is 4.37. The van der Waals surface area contributed by atoms with Crippen molar-refractivity contribution in [1.29, 1.82) is 0 Å². The number of rotatable bonds is 3. The molecular weight excluding hydrogens is 250 g/mol. The van der Waals surface area contributed by atoms with E-state index >= 15 is 0 Å². The molecule has 18 heavy (non-hydrogen) atoms. The third kappa shape index (κ3) is 3.03. The predicted octanol–water partition coefficient (Wildman–Crippen LogP) is 1.37. The fourth-order valence-corrected chi connectivity index (χ4v) is 4.44. The summed E-state index contributed by atoms with van der Waals surface area (Å²) >= 11 is 0. The molecule has 1 saturated heterocycles. The van der Waals surface area contributed by atoms with Gasteiger partial charge in [0.25, 0.3) is 0 Å². The van der Waals surface area contributed by atoms with Crippen LogP contribution in [-0.2, 0) is 16.4 Å². The van der Waals surface area contributed by atoms with Crippen molar-refractivity contribution in [3.05, 3.63) is 29.3 Å². The van der Waals surface area contributed by atoms with Crippen LogP contribution in [0.4, 0.5) is 0 Å². The zero-order valence-electron chi connectivity index (χ0n) is 10.7. The van der Waals surface area contributed by atoms with Gasteiger partial charge in [-0.1, -0.05) is 17.7 Å². The number of hydrogen-bond acceptors (Lipinski definition) is 4. The molecule has 1 heterocycles. The van der Waals surface area contributed by atoms with Crippen molar-refractivity contribution in [2.24, 2.45) is 0 Å². The van der Waals surface area contributed by atoms with Crippen LogP contribution in [0.15, 0.2) is 18.2 Å². The zero-order valence-corrected chi connectivity index (χ0v) is 11.5. The number of hydrogen-bond donors (Lipinski definition) is 2. The molecule has 1 aromatic carbocycles. The van der Waals surface area contributed by atoms with Crippen LogP contribution in [0.2, 0.25) is 0 Å². The first-order valence-electron chi connectivity index (χ1n) is 6.04. The molecule has 2 N–H and O–H groups in total. The summed E-state index contributed by atoms with van der Waals surface area (Å²) < 4.78 is 23.0. The highest BCUT2D eigenvalue weighted by Gasteiger charge is 2.37. The summed E-state index contributed by atoms with van der Waals surface area (Å²) in [6, 6.07) is 5.43. The van der Waals surface area contributed by atoms with Gasteiger partial charge in [-0.05, 0) is 26.3 Å². The number of benzene rings is 1. The average Bonchev–Trinajstić information content (AvgIpc) is 2.55. The maximum Gasteiger partial charge on any atom is 0.152 e. The number of sulfone groups is 1. The van der Waals surface area contributed by atoms with E-state index in [4.69, 9.17) is 0 Å². The Morgan fingerprint density at radius 1 is 1.44 bits per heavy atom. The Balaban J connectivity index is 2.06. The Morgan fingerprint density at radius 2 is 2.17 bits per heavy atom. The second-order valence-electron chi connectivity index (χ2n) is 5.39. The number of phenolic OH excluding ortho intramolecular Hbond substituents is 1. The van der Waals surface area contributed by atoms with Gasteiger partial charge in [0.15, 0.2) is 9.84 Å². The molecule has 1 aliphatic rings. The lowest BCUT2D eigenvalue weighted by molar-refractivity contribution is 0.388. The zero-order chi connectivity index (χ0) is 13.4. The first-order valence-corrected chi connectivity index (χ1v) is 7.86. The highest BCUT2D eigenvalue weighted by Crippen LogP contribution is 2.25. The second kappa shape index (κ2) is 4.55. The SMILES string of the molecule is Cc1ccc(O)c(CNC2(C)CCS(=O)(=O)C2)c1. The maximum absolute atomic E-state index is 11.5. The molecule has 1 aromatic rings. The molecule has 0 saturated carbocycles. The largest absolute Gasteiger partial charge is 0.508 e. The Labute approximate surface area is 108 Å². The fourth-order valence-electron chi connectivity index (χ4n) is 2.31. The Kier molecular flexibility index (Phi) is 3.38. The predicted molar refractivity (Wildman–Crippen MR) is 71.4 cm³/mol. The Morgan fingerprint density at radius 3 is 2.78 bits per heavy atom. The summed E-state index contributed by atoms with van der Waals surface area (Å²) in [5.74, 6) is 0.667. The fraction of sp³-hybridized carbons (Fsp3) is 0.538. The van der Waals surface area contributed by atoms with Crippen molar-refractivity contribution in [2.75, 3.05) is 11.5 Å². The van der Waals surface area contributed by atoms with Crippen molar-refractivity contribution in [3.63, 3.8) is 0 Å². The van der Waals surface area contributed by atoms with E-state index < -0.39 is 9.84 Å². The third-order valence-electron chi connectivity index (χ3n) is 3.44. The molecule has 0 spiro atoms. The minimum Gasteiger partial charge on any atom is -0.508 e. The minimum atomic E-state index is -2.90. The topological polar surface area (TPSA) is 66.4 Å². The first-order chi connectivity index (χ1) is 8.30. The molecular formula is C13H19NO3S. The minimum absolute atomic E-state index is 0.173. The average molecular weight is 269 g/mol. The van der Waals surface area contributed by atoms with Crippen molar-refractivity contribution >= 4 is 9.84 Å². The standard InChI is InChI=1S/C13H19NO3S/c1-10-3-4-12(15)11(7-10)8-14-13(2)5-6-18(16,17)9-13/h3-4,7,14-15H,5-6,8-9H2,1-2H3. The molecule has 0 aromatic heterocycles. The number of aryl methyl sites for hydroxylation is 1. The number of phenols is 1. The molecule has 5 heteroatoms. The Hall–Kier alpha value is -1.07. The van der Waals surface area contributed by atoms with Crippen molar-refractivity contribution in [1.82, 2.24) is 5.32 Å². The molecule has 0 aliphatic carbocycles. The van der Waals surface area contributed by atoms with E-state index in [9.17, 15) is 13.5 Å². The number of nitrogens with one attached hydrogen (secondary N) is 1. The van der Waals surface area contributed by atoms with Gasteiger partial charge in [-0.25, -0.2) is 8.42 Å². The molecule has 4 nitrogen and oxygen atoms in total. The van der Waals surface area contributed by atoms with Gasteiger partial charge in [-0.2, -0.15) is 0 Å². The van der Waals surface area contributed by atoms with Gasteiger partial charge in [0, 0.05) is 17.6 Å². The quantitative estimate of drug-likeness (QED) is 0.869. The molecule has 2 rings (SSSR count). The third-order valence-corrected chi connectivity index (χ3v) is 5.35. The lowest BCUT2D eigenvalue weighted by atomic mass is 10.0. The van der Waals surface area contributed by atoms with Crippen molar-refractivity contribution in [2.45, 2.75) is 32.4 Å². The molecule has 0 amide bonds. The van der Waals surface area contributed by atoms with Crippen LogP contribution in [0, 0.1) is 6.92 Å². The first kappa shape index (κ1) is 13.4. The van der Waals surface area contributed by atoms with Crippen LogP contribution in [0.3, 0.4) is 0 Å². The van der Waals surface area contributed by atoms with Crippen LogP contribution in [-0.4, -0.2) is 30.6 Å².